The van der Waals surface area contributed by atoms with E-state index in [4.69, 9.17) is 4.74 Å². The molecule has 3 nitrogen and oxygen atoms in total. The first kappa shape index (κ1) is 9.52. The van der Waals surface area contributed by atoms with Crippen molar-refractivity contribution in [1.82, 2.24) is 5.32 Å². The van der Waals surface area contributed by atoms with Crippen molar-refractivity contribution in [3.8, 4) is 0 Å². The van der Waals surface area contributed by atoms with Gasteiger partial charge in [-0.1, -0.05) is 6.42 Å². The van der Waals surface area contributed by atoms with Crippen LogP contribution >= 0.6 is 0 Å². The van der Waals surface area contributed by atoms with E-state index >= 15 is 0 Å². The topological polar surface area (TPSA) is 38.3 Å². The molecule has 0 aromatic heterocycles. The Bertz CT molecular complexity index is 155. The van der Waals surface area contributed by atoms with Crippen LogP contribution in [0.25, 0.3) is 0 Å². The molecule has 0 saturated heterocycles. The zero-order chi connectivity index (χ0) is 8.97. The first-order valence-electron chi connectivity index (χ1n) is 4.66. The average Bonchev–Trinajstić information content (AvgIpc) is 1.97. The molecule has 1 atom stereocenters. The highest BCUT2D eigenvalue weighted by atomic mass is 16.5. The molecule has 1 fully saturated rings. The first-order valence-corrected chi connectivity index (χ1v) is 4.66. The molecule has 0 aromatic carbocycles. The number of nitrogens with one attached hydrogen (secondary N) is 1. The summed E-state index contributed by atoms with van der Waals surface area (Å²) in [6.45, 7) is 4.15. The molecule has 0 spiro atoms. The van der Waals surface area contributed by atoms with Gasteiger partial charge in [0.25, 0.3) is 0 Å². The van der Waals surface area contributed by atoms with Crippen LogP contribution in [0, 0.1) is 0 Å². The Morgan fingerprint density at radius 3 is 2.75 bits per heavy atom. The first-order chi connectivity index (χ1) is 5.74. The lowest BCUT2D eigenvalue weighted by molar-refractivity contribution is -0.145. The van der Waals surface area contributed by atoms with E-state index < -0.39 is 0 Å². The minimum atomic E-state index is -0.143. The van der Waals surface area contributed by atoms with Gasteiger partial charge in [0.1, 0.15) is 6.04 Å². The molecule has 3 heteroatoms. The smallest absolute Gasteiger partial charge is 0.322 e. The molecule has 1 N–H and O–H groups in total. The summed E-state index contributed by atoms with van der Waals surface area (Å²) < 4.78 is 4.87. The van der Waals surface area contributed by atoms with Crippen LogP contribution in [0.15, 0.2) is 0 Å². The van der Waals surface area contributed by atoms with Gasteiger partial charge in [-0.25, -0.2) is 0 Å². The predicted octanol–water partition coefficient (Wildman–Crippen LogP) is 1.08. The van der Waals surface area contributed by atoms with Gasteiger partial charge in [0, 0.05) is 6.04 Å². The van der Waals surface area contributed by atoms with Crippen molar-refractivity contribution in [2.45, 2.75) is 45.2 Å². The lowest BCUT2D eigenvalue weighted by atomic mass is 9.92. The molecule has 0 aromatic rings. The van der Waals surface area contributed by atoms with E-state index in [1.807, 2.05) is 13.8 Å². The van der Waals surface area contributed by atoms with Crippen LogP contribution in [-0.2, 0) is 9.53 Å². The van der Waals surface area contributed by atoms with E-state index in [1.165, 1.54) is 19.3 Å². The maximum atomic E-state index is 11.1. The fourth-order valence-corrected chi connectivity index (χ4v) is 1.26. The third-order valence-electron chi connectivity index (χ3n) is 2.23. The summed E-state index contributed by atoms with van der Waals surface area (Å²) in [5.41, 5.74) is 0. The summed E-state index contributed by atoms with van der Waals surface area (Å²) in [7, 11) is 0. The molecule has 0 bridgehead atoms. The van der Waals surface area contributed by atoms with Crippen molar-refractivity contribution < 1.29 is 9.53 Å². The highest BCUT2D eigenvalue weighted by molar-refractivity contribution is 5.75. The largest absolute Gasteiger partial charge is 0.465 e. The van der Waals surface area contributed by atoms with E-state index in [9.17, 15) is 4.79 Å². The monoisotopic (exact) mass is 171 g/mol. The molecule has 70 valence electrons. The quantitative estimate of drug-likeness (QED) is 0.643. The summed E-state index contributed by atoms with van der Waals surface area (Å²) in [5.74, 6) is -0.135. The Morgan fingerprint density at radius 1 is 1.67 bits per heavy atom. The zero-order valence-corrected chi connectivity index (χ0v) is 7.80. The van der Waals surface area contributed by atoms with E-state index in [0.29, 0.717) is 12.6 Å². The van der Waals surface area contributed by atoms with Gasteiger partial charge in [-0.05, 0) is 26.7 Å². The molecule has 0 unspecified atom stereocenters. The number of rotatable bonds is 4. The molecule has 1 saturated carbocycles. The molecular formula is C9H17NO2. The Labute approximate surface area is 73.5 Å². The molecule has 1 aliphatic rings. The van der Waals surface area contributed by atoms with E-state index in [1.54, 1.807) is 0 Å². The van der Waals surface area contributed by atoms with Crippen molar-refractivity contribution in [2.24, 2.45) is 0 Å². The van der Waals surface area contributed by atoms with Gasteiger partial charge in [-0.2, -0.15) is 0 Å². The summed E-state index contributed by atoms with van der Waals surface area (Å²) in [5, 5.41) is 3.23. The minimum absolute atomic E-state index is 0.135. The summed E-state index contributed by atoms with van der Waals surface area (Å²) in [6, 6.07) is 0.402. The predicted molar refractivity (Wildman–Crippen MR) is 46.9 cm³/mol. The summed E-state index contributed by atoms with van der Waals surface area (Å²) in [4.78, 5) is 11.1. The number of hydrogen-bond acceptors (Lipinski definition) is 3. The Kier molecular flexibility index (Phi) is 3.53. The molecule has 1 rings (SSSR count). The van der Waals surface area contributed by atoms with Gasteiger partial charge in [0.15, 0.2) is 0 Å². The second kappa shape index (κ2) is 4.45. The van der Waals surface area contributed by atoms with Gasteiger partial charge < -0.3 is 10.1 Å². The van der Waals surface area contributed by atoms with Gasteiger partial charge >= 0.3 is 5.97 Å². The van der Waals surface area contributed by atoms with E-state index in [-0.39, 0.29) is 12.0 Å². The second-order valence-corrected chi connectivity index (χ2v) is 3.27. The van der Waals surface area contributed by atoms with Crippen molar-refractivity contribution in [3.05, 3.63) is 0 Å². The molecule has 1 aliphatic carbocycles. The minimum Gasteiger partial charge on any atom is -0.465 e. The van der Waals surface area contributed by atoms with Gasteiger partial charge in [0.05, 0.1) is 6.61 Å². The number of carbonyl (C=O) groups excluding carboxylic acids is 1. The summed E-state index contributed by atoms with van der Waals surface area (Å²) in [6.07, 6.45) is 3.68. The third kappa shape index (κ3) is 2.48. The molecule has 0 amide bonds. The van der Waals surface area contributed by atoms with Crippen LogP contribution < -0.4 is 5.32 Å². The van der Waals surface area contributed by atoms with E-state index in [2.05, 4.69) is 5.32 Å². The van der Waals surface area contributed by atoms with Crippen LogP contribution in [0.4, 0.5) is 0 Å². The normalized spacial score (nSPS) is 19.8. The fraction of sp³-hybridized carbons (Fsp3) is 0.889. The molecule has 0 radical (unpaired) electrons. The van der Waals surface area contributed by atoms with Crippen molar-refractivity contribution in [3.63, 3.8) is 0 Å². The van der Waals surface area contributed by atoms with Crippen LogP contribution in [0.3, 0.4) is 0 Å². The number of ether oxygens (including phenoxy) is 1. The maximum Gasteiger partial charge on any atom is 0.322 e. The maximum absolute atomic E-state index is 11.1. The lowest BCUT2D eigenvalue weighted by Crippen LogP contribution is -2.45. The van der Waals surface area contributed by atoms with Gasteiger partial charge in [0.2, 0.25) is 0 Å². The molecule has 0 aliphatic heterocycles. The molecular weight excluding hydrogens is 154 g/mol. The van der Waals surface area contributed by atoms with Crippen molar-refractivity contribution in [1.29, 1.82) is 0 Å². The van der Waals surface area contributed by atoms with Crippen molar-refractivity contribution in [2.75, 3.05) is 6.61 Å². The number of carbonyl (C=O) groups is 1. The fourth-order valence-electron chi connectivity index (χ4n) is 1.26. The van der Waals surface area contributed by atoms with E-state index in [0.717, 1.165) is 0 Å². The van der Waals surface area contributed by atoms with Crippen LogP contribution in [0.5, 0.6) is 0 Å². The average molecular weight is 171 g/mol. The lowest BCUT2D eigenvalue weighted by Gasteiger charge is -2.28. The van der Waals surface area contributed by atoms with Crippen molar-refractivity contribution >= 4 is 5.97 Å². The summed E-state index contributed by atoms with van der Waals surface area (Å²) >= 11 is 0. The zero-order valence-electron chi connectivity index (χ0n) is 7.80. The van der Waals surface area contributed by atoms with Gasteiger partial charge in [-0.3, -0.25) is 4.79 Å². The highest BCUT2D eigenvalue weighted by Gasteiger charge is 2.22. The Hall–Kier alpha value is -0.570. The highest BCUT2D eigenvalue weighted by Crippen LogP contribution is 2.18. The van der Waals surface area contributed by atoms with Crippen LogP contribution in [0.2, 0.25) is 0 Å². The third-order valence-corrected chi connectivity index (χ3v) is 2.23. The Morgan fingerprint density at radius 2 is 2.33 bits per heavy atom. The molecule has 0 heterocycles. The van der Waals surface area contributed by atoms with Crippen LogP contribution in [-0.4, -0.2) is 24.7 Å². The molecule has 12 heavy (non-hydrogen) atoms. The SMILES string of the molecule is CCOC(=O)[C@H](C)NC1CCC1. The Balaban J connectivity index is 2.16. The number of esters is 1. The number of hydrogen-bond donors (Lipinski definition) is 1. The van der Waals surface area contributed by atoms with Gasteiger partial charge in [-0.15, -0.1) is 0 Å². The standard InChI is InChI=1S/C9H17NO2/c1-3-12-9(11)7(2)10-8-5-4-6-8/h7-8,10H,3-6H2,1-2H3/t7-/m0/s1. The van der Waals surface area contributed by atoms with Crippen LogP contribution in [0.1, 0.15) is 33.1 Å². The second-order valence-electron chi connectivity index (χ2n) is 3.27.